The van der Waals surface area contributed by atoms with Gasteiger partial charge in [0, 0.05) is 17.2 Å². The van der Waals surface area contributed by atoms with Crippen LogP contribution in [0.1, 0.15) is 37.1 Å². The highest BCUT2D eigenvalue weighted by molar-refractivity contribution is 7.13. The summed E-state index contributed by atoms with van der Waals surface area (Å²) >= 11 is 7.91. The molecule has 3 aromatic rings. The van der Waals surface area contributed by atoms with Gasteiger partial charge >= 0.3 is 0 Å². The number of carbonyl (C=O) groups is 1. The van der Waals surface area contributed by atoms with Crippen LogP contribution < -0.4 is 5.32 Å². The van der Waals surface area contributed by atoms with E-state index in [1.54, 1.807) is 23.9 Å². The number of hydrogen-bond donors (Lipinski definition) is 1. The summed E-state index contributed by atoms with van der Waals surface area (Å²) < 4.78 is 1.57. The van der Waals surface area contributed by atoms with E-state index in [9.17, 15) is 4.79 Å². The fourth-order valence-electron chi connectivity index (χ4n) is 3.41. The molecule has 144 valence electrons. The molecule has 28 heavy (non-hydrogen) atoms. The lowest BCUT2D eigenvalue weighted by molar-refractivity contribution is -0.111. The highest BCUT2D eigenvalue weighted by Crippen LogP contribution is 2.32. The van der Waals surface area contributed by atoms with E-state index in [0.717, 1.165) is 18.4 Å². The Balaban J connectivity index is 1.68. The maximum Gasteiger partial charge on any atom is 0.257 e. The van der Waals surface area contributed by atoms with Crippen LogP contribution in [-0.2, 0) is 4.79 Å². The molecule has 9 heteroatoms. The highest BCUT2D eigenvalue weighted by Gasteiger charge is 2.20. The quantitative estimate of drug-likeness (QED) is 0.629. The first-order valence-electron chi connectivity index (χ1n) is 9.10. The monoisotopic (exact) mass is 414 g/mol. The number of anilines is 1. The van der Waals surface area contributed by atoms with E-state index in [4.69, 9.17) is 11.6 Å². The second-order valence-corrected chi connectivity index (χ2v) is 8.02. The smallest absolute Gasteiger partial charge is 0.257 e. The zero-order valence-corrected chi connectivity index (χ0v) is 16.9. The average Bonchev–Trinajstić information content (AvgIpc) is 3.43. The Morgan fingerprint density at radius 1 is 1.36 bits per heavy atom. The van der Waals surface area contributed by atoms with Crippen LogP contribution in [0.15, 0.2) is 35.9 Å². The molecule has 1 N–H and O–H groups in total. The second kappa shape index (κ2) is 8.20. The number of thiazole rings is 1. The number of nitrogens with one attached hydrogen (secondary N) is 1. The SMILES string of the molecule is Cc1nnnn1-c1ccc(/C(=C\C2CCCC2)C(=O)Nc2nccs2)cc1Cl. The number of amides is 1. The molecule has 0 aliphatic heterocycles. The van der Waals surface area contributed by atoms with Crippen LogP contribution in [0.2, 0.25) is 5.02 Å². The molecule has 2 heterocycles. The molecule has 1 fully saturated rings. The lowest BCUT2D eigenvalue weighted by Gasteiger charge is -2.13. The molecule has 0 saturated heterocycles. The normalized spacial score (nSPS) is 15.1. The summed E-state index contributed by atoms with van der Waals surface area (Å²) in [7, 11) is 0. The third-order valence-corrected chi connectivity index (χ3v) is 5.80. The first-order valence-corrected chi connectivity index (χ1v) is 10.4. The molecule has 2 aromatic heterocycles. The number of nitrogens with zero attached hydrogens (tertiary/aromatic N) is 5. The Bertz CT molecular complexity index is 1010. The van der Waals surface area contributed by atoms with Crippen molar-refractivity contribution in [2.45, 2.75) is 32.6 Å². The lowest BCUT2D eigenvalue weighted by atomic mass is 9.98. The number of tetrazole rings is 1. The van der Waals surface area contributed by atoms with Crippen molar-refractivity contribution in [2.24, 2.45) is 5.92 Å². The Hall–Kier alpha value is -2.58. The lowest BCUT2D eigenvalue weighted by Crippen LogP contribution is -2.14. The van der Waals surface area contributed by atoms with Gasteiger partial charge in [0.2, 0.25) is 0 Å². The van der Waals surface area contributed by atoms with Crippen LogP contribution in [0.3, 0.4) is 0 Å². The second-order valence-electron chi connectivity index (χ2n) is 6.72. The number of aryl methyl sites for hydroxylation is 1. The summed E-state index contributed by atoms with van der Waals surface area (Å²) in [6, 6.07) is 5.50. The summed E-state index contributed by atoms with van der Waals surface area (Å²) in [4.78, 5) is 17.1. The Kier molecular flexibility index (Phi) is 5.50. The minimum absolute atomic E-state index is 0.177. The maximum absolute atomic E-state index is 13.0. The van der Waals surface area contributed by atoms with Gasteiger partial charge in [-0.2, -0.15) is 4.68 Å². The summed E-state index contributed by atoms with van der Waals surface area (Å²) in [6.45, 7) is 1.80. The van der Waals surface area contributed by atoms with Gasteiger partial charge in [0.05, 0.1) is 10.7 Å². The number of hydrogen-bond acceptors (Lipinski definition) is 6. The molecule has 0 unspecified atom stereocenters. The van der Waals surface area contributed by atoms with Gasteiger partial charge in [-0.1, -0.05) is 36.6 Å². The van der Waals surface area contributed by atoms with Gasteiger partial charge in [-0.15, -0.1) is 16.4 Å². The average molecular weight is 415 g/mol. The van der Waals surface area contributed by atoms with Crippen LogP contribution in [-0.4, -0.2) is 31.1 Å². The van der Waals surface area contributed by atoms with Crippen LogP contribution >= 0.6 is 22.9 Å². The van der Waals surface area contributed by atoms with Crippen LogP contribution in [0.4, 0.5) is 5.13 Å². The molecular formula is C19H19ClN6OS. The van der Waals surface area contributed by atoms with Gasteiger partial charge in [0.25, 0.3) is 5.91 Å². The van der Waals surface area contributed by atoms with E-state index >= 15 is 0 Å². The number of allylic oxidation sites excluding steroid dienone is 1. The third kappa shape index (κ3) is 3.98. The number of carbonyl (C=O) groups excluding carboxylic acids is 1. The molecule has 1 amide bonds. The predicted octanol–water partition coefficient (Wildman–Crippen LogP) is 4.29. The van der Waals surface area contributed by atoms with Crippen molar-refractivity contribution in [1.82, 2.24) is 25.2 Å². The van der Waals surface area contributed by atoms with E-state index in [1.165, 1.54) is 24.2 Å². The molecule has 0 atom stereocenters. The highest BCUT2D eigenvalue weighted by atomic mass is 35.5. The standard InChI is InChI=1S/C19H19ClN6OS/c1-12-23-24-25-26(12)17-7-6-14(11-16(17)20)15(10-13-4-2-3-5-13)18(27)22-19-21-8-9-28-19/h6-11,13H,2-5H2,1H3,(H,21,22,27)/b15-10+. The molecule has 1 aliphatic rings. The van der Waals surface area contributed by atoms with E-state index in [-0.39, 0.29) is 5.91 Å². The van der Waals surface area contributed by atoms with Crippen molar-refractivity contribution in [3.8, 4) is 5.69 Å². The molecule has 0 radical (unpaired) electrons. The first kappa shape index (κ1) is 18.8. The Morgan fingerprint density at radius 3 is 2.82 bits per heavy atom. The van der Waals surface area contributed by atoms with Crippen molar-refractivity contribution in [2.75, 3.05) is 5.32 Å². The van der Waals surface area contributed by atoms with Gasteiger partial charge in [-0.3, -0.25) is 10.1 Å². The summed E-state index contributed by atoms with van der Waals surface area (Å²) in [6.07, 6.45) is 8.33. The van der Waals surface area contributed by atoms with Gasteiger partial charge in [-0.05, 0) is 53.8 Å². The summed E-state index contributed by atoms with van der Waals surface area (Å²) in [5, 5.41) is 17.3. The fourth-order valence-corrected chi connectivity index (χ4v) is 4.20. The molecular weight excluding hydrogens is 396 g/mol. The first-order chi connectivity index (χ1) is 13.6. The van der Waals surface area contributed by atoms with Gasteiger partial charge in [-0.25, -0.2) is 4.98 Å². The summed E-state index contributed by atoms with van der Waals surface area (Å²) in [5.41, 5.74) is 2.05. The Labute approximate surface area is 171 Å². The van der Waals surface area contributed by atoms with Crippen molar-refractivity contribution < 1.29 is 4.79 Å². The molecule has 4 rings (SSSR count). The maximum atomic E-state index is 13.0. The van der Waals surface area contributed by atoms with E-state index in [1.807, 2.05) is 17.5 Å². The third-order valence-electron chi connectivity index (χ3n) is 4.81. The molecule has 0 bridgehead atoms. The molecule has 7 nitrogen and oxygen atoms in total. The molecule has 1 saturated carbocycles. The minimum Gasteiger partial charge on any atom is -0.298 e. The molecule has 0 spiro atoms. The Morgan fingerprint density at radius 2 is 2.18 bits per heavy atom. The van der Waals surface area contributed by atoms with Crippen LogP contribution in [0, 0.1) is 12.8 Å². The van der Waals surface area contributed by atoms with Crippen molar-refractivity contribution in [1.29, 1.82) is 0 Å². The number of halogens is 1. The van der Waals surface area contributed by atoms with Gasteiger partial charge in [0.1, 0.15) is 0 Å². The predicted molar refractivity (Wildman–Crippen MR) is 110 cm³/mol. The molecule has 1 aliphatic carbocycles. The van der Waals surface area contributed by atoms with Crippen molar-refractivity contribution in [3.63, 3.8) is 0 Å². The van der Waals surface area contributed by atoms with Gasteiger partial charge < -0.3 is 0 Å². The zero-order valence-electron chi connectivity index (χ0n) is 15.3. The molecule has 1 aromatic carbocycles. The minimum atomic E-state index is -0.177. The van der Waals surface area contributed by atoms with Crippen LogP contribution in [0.5, 0.6) is 0 Å². The van der Waals surface area contributed by atoms with Crippen LogP contribution in [0.25, 0.3) is 11.3 Å². The largest absolute Gasteiger partial charge is 0.298 e. The fraction of sp³-hybridized carbons (Fsp3) is 0.316. The van der Waals surface area contributed by atoms with E-state index in [2.05, 4.69) is 31.9 Å². The number of aromatic nitrogens is 5. The topological polar surface area (TPSA) is 85.6 Å². The van der Waals surface area contributed by atoms with E-state index < -0.39 is 0 Å². The van der Waals surface area contributed by atoms with Gasteiger partial charge in [0.15, 0.2) is 11.0 Å². The number of benzene rings is 1. The number of rotatable bonds is 5. The zero-order chi connectivity index (χ0) is 19.5. The van der Waals surface area contributed by atoms with Crippen molar-refractivity contribution in [3.05, 3.63) is 52.3 Å². The summed E-state index contributed by atoms with van der Waals surface area (Å²) in [5.74, 6) is 0.861. The van der Waals surface area contributed by atoms with E-state index in [0.29, 0.717) is 33.2 Å². The van der Waals surface area contributed by atoms with Crippen molar-refractivity contribution >= 4 is 39.5 Å².